The number of nitrogens with zero attached hydrogens (tertiary/aromatic N) is 4. The van der Waals surface area contributed by atoms with Crippen molar-refractivity contribution < 1.29 is 4.79 Å². The zero-order valence-electron chi connectivity index (χ0n) is 14.8. The zero-order valence-corrected chi connectivity index (χ0v) is 14.8. The van der Waals surface area contributed by atoms with Crippen LogP contribution in [0.5, 0.6) is 0 Å². The Labute approximate surface area is 146 Å². The molecule has 3 rings (SSSR count). The molecule has 0 fully saturated rings. The second-order valence-corrected chi connectivity index (χ2v) is 6.91. The molecule has 2 aromatic heterocycles. The number of aromatic amines is 1. The highest BCUT2D eigenvalue weighted by Crippen LogP contribution is 2.37. The number of amides is 1. The summed E-state index contributed by atoms with van der Waals surface area (Å²) in [6.45, 7) is 8.21. The van der Waals surface area contributed by atoms with Crippen LogP contribution in [-0.2, 0) is 10.2 Å². The molecule has 1 aromatic carbocycles. The third kappa shape index (κ3) is 3.42. The van der Waals surface area contributed by atoms with Crippen molar-refractivity contribution in [3.8, 4) is 11.1 Å². The van der Waals surface area contributed by atoms with Crippen LogP contribution < -0.4 is 4.90 Å². The first-order chi connectivity index (χ1) is 11.9. The van der Waals surface area contributed by atoms with Gasteiger partial charge in [0.05, 0.1) is 5.69 Å². The van der Waals surface area contributed by atoms with E-state index in [2.05, 4.69) is 40.9 Å². The lowest BCUT2D eigenvalue weighted by molar-refractivity contribution is -0.106. The van der Waals surface area contributed by atoms with E-state index < -0.39 is 0 Å². The summed E-state index contributed by atoms with van der Waals surface area (Å²) in [6, 6.07) is 7.83. The Kier molecular flexibility index (Phi) is 4.35. The van der Waals surface area contributed by atoms with E-state index in [9.17, 15) is 4.79 Å². The summed E-state index contributed by atoms with van der Waals surface area (Å²) in [4.78, 5) is 21.9. The van der Waals surface area contributed by atoms with Crippen molar-refractivity contribution in [3.63, 3.8) is 0 Å². The van der Waals surface area contributed by atoms with Crippen LogP contribution in [0, 0.1) is 6.92 Å². The fourth-order valence-corrected chi connectivity index (χ4v) is 2.71. The predicted octanol–water partition coefficient (Wildman–Crippen LogP) is 3.77. The van der Waals surface area contributed by atoms with Crippen LogP contribution in [-0.4, -0.2) is 26.6 Å². The third-order valence-electron chi connectivity index (χ3n) is 4.02. The summed E-state index contributed by atoms with van der Waals surface area (Å²) in [5.74, 6) is 1.28. The van der Waals surface area contributed by atoms with E-state index in [4.69, 9.17) is 0 Å². The van der Waals surface area contributed by atoms with E-state index in [1.165, 1.54) is 0 Å². The van der Waals surface area contributed by atoms with Crippen molar-refractivity contribution in [2.75, 3.05) is 4.90 Å². The lowest BCUT2D eigenvalue weighted by Crippen LogP contribution is -2.21. The lowest BCUT2D eigenvalue weighted by Gasteiger charge is -2.27. The number of carbonyl (C=O) groups is 1. The van der Waals surface area contributed by atoms with Crippen molar-refractivity contribution in [1.82, 2.24) is 20.2 Å². The minimum atomic E-state index is -0.130. The normalized spacial score (nSPS) is 11.4. The van der Waals surface area contributed by atoms with Gasteiger partial charge < -0.3 is 0 Å². The van der Waals surface area contributed by atoms with Crippen molar-refractivity contribution in [2.45, 2.75) is 33.1 Å². The molecule has 1 amide bonds. The summed E-state index contributed by atoms with van der Waals surface area (Å²) in [5.41, 5.74) is 3.58. The van der Waals surface area contributed by atoms with E-state index >= 15 is 0 Å². The predicted molar refractivity (Wildman–Crippen MR) is 97.7 cm³/mol. The van der Waals surface area contributed by atoms with E-state index in [1.54, 1.807) is 29.6 Å². The zero-order chi connectivity index (χ0) is 18.0. The van der Waals surface area contributed by atoms with Gasteiger partial charge in [-0.2, -0.15) is 5.10 Å². The topological polar surface area (TPSA) is 74.8 Å². The van der Waals surface area contributed by atoms with E-state index in [1.807, 2.05) is 25.1 Å². The van der Waals surface area contributed by atoms with Crippen LogP contribution in [0.15, 0.2) is 42.9 Å². The Morgan fingerprint density at radius 3 is 2.36 bits per heavy atom. The van der Waals surface area contributed by atoms with Gasteiger partial charge in [-0.15, -0.1) is 0 Å². The largest absolute Gasteiger partial charge is 0.284 e. The molecule has 0 unspecified atom stereocenters. The van der Waals surface area contributed by atoms with Gasteiger partial charge in [0.25, 0.3) is 0 Å². The van der Waals surface area contributed by atoms with Gasteiger partial charge in [-0.1, -0.05) is 32.9 Å². The van der Waals surface area contributed by atoms with Crippen LogP contribution in [0.2, 0.25) is 0 Å². The maximum absolute atomic E-state index is 11.8. The van der Waals surface area contributed by atoms with E-state index in [-0.39, 0.29) is 5.41 Å². The molecule has 0 aliphatic carbocycles. The number of rotatable bonds is 4. The summed E-state index contributed by atoms with van der Waals surface area (Å²) < 4.78 is 0. The Morgan fingerprint density at radius 2 is 1.80 bits per heavy atom. The number of carbonyl (C=O) groups excluding carboxylic acids is 1. The number of benzene rings is 1. The van der Waals surface area contributed by atoms with Gasteiger partial charge in [0, 0.05) is 30.2 Å². The molecule has 0 aliphatic heterocycles. The SMILES string of the molecule is Cc1ncc(-c2ccc(C(C)(C)C)c(N(C=O)c3cc[nH]n3)c2)cn1. The first kappa shape index (κ1) is 16.8. The van der Waals surface area contributed by atoms with Gasteiger partial charge in [-0.3, -0.25) is 14.8 Å². The highest BCUT2D eigenvalue weighted by Gasteiger charge is 2.23. The molecule has 0 bridgehead atoms. The Bertz CT molecular complexity index is 864. The molecule has 0 saturated heterocycles. The molecule has 1 N–H and O–H groups in total. The number of H-pyrrole nitrogens is 1. The fraction of sp³-hybridized carbons (Fsp3) is 0.263. The number of anilines is 2. The van der Waals surface area contributed by atoms with Gasteiger partial charge in [-0.25, -0.2) is 9.97 Å². The van der Waals surface area contributed by atoms with E-state index in [0.717, 1.165) is 34.6 Å². The molecule has 0 aliphatic rings. The maximum atomic E-state index is 11.8. The molecule has 3 aromatic rings. The monoisotopic (exact) mass is 335 g/mol. The smallest absolute Gasteiger partial charge is 0.219 e. The Morgan fingerprint density at radius 1 is 1.08 bits per heavy atom. The lowest BCUT2D eigenvalue weighted by atomic mass is 9.84. The average molecular weight is 335 g/mol. The highest BCUT2D eigenvalue weighted by atomic mass is 16.1. The summed E-state index contributed by atoms with van der Waals surface area (Å²) in [6.07, 6.45) is 6.06. The second-order valence-electron chi connectivity index (χ2n) is 6.91. The third-order valence-corrected chi connectivity index (χ3v) is 4.02. The molecular weight excluding hydrogens is 314 g/mol. The van der Waals surface area contributed by atoms with Gasteiger partial charge in [0.1, 0.15) is 5.82 Å². The summed E-state index contributed by atoms with van der Waals surface area (Å²) >= 11 is 0. The van der Waals surface area contributed by atoms with Gasteiger partial charge in [-0.05, 0) is 29.5 Å². The Hall–Kier alpha value is -3.02. The maximum Gasteiger partial charge on any atom is 0.219 e. The molecule has 6 nitrogen and oxygen atoms in total. The molecule has 0 atom stereocenters. The van der Waals surface area contributed by atoms with Crippen molar-refractivity contribution in [1.29, 1.82) is 0 Å². The number of nitrogens with one attached hydrogen (secondary N) is 1. The van der Waals surface area contributed by atoms with Gasteiger partial charge >= 0.3 is 0 Å². The number of aryl methyl sites for hydroxylation is 1. The Balaban J connectivity index is 2.17. The molecule has 0 spiro atoms. The van der Waals surface area contributed by atoms with Gasteiger partial charge in [0.2, 0.25) is 6.41 Å². The molecule has 0 saturated carbocycles. The number of aromatic nitrogens is 4. The van der Waals surface area contributed by atoms with Gasteiger partial charge in [0.15, 0.2) is 5.82 Å². The van der Waals surface area contributed by atoms with Crippen LogP contribution in [0.3, 0.4) is 0 Å². The van der Waals surface area contributed by atoms with Crippen LogP contribution in [0.25, 0.3) is 11.1 Å². The quantitative estimate of drug-likeness (QED) is 0.737. The average Bonchev–Trinajstić information content (AvgIpc) is 3.09. The van der Waals surface area contributed by atoms with Crippen LogP contribution in [0.4, 0.5) is 11.5 Å². The molecular formula is C19H21N5O. The van der Waals surface area contributed by atoms with Crippen molar-refractivity contribution in [3.05, 3.63) is 54.2 Å². The fourth-order valence-electron chi connectivity index (χ4n) is 2.71. The minimum Gasteiger partial charge on any atom is -0.284 e. The highest BCUT2D eigenvalue weighted by molar-refractivity contribution is 5.88. The van der Waals surface area contributed by atoms with Crippen LogP contribution in [0.1, 0.15) is 32.2 Å². The number of hydrogen-bond donors (Lipinski definition) is 1. The molecule has 128 valence electrons. The van der Waals surface area contributed by atoms with Crippen molar-refractivity contribution in [2.24, 2.45) is 0 Å². The summed E-state index contributed by atoms with van der Waals surface area (Å²) in [7, 11) is 0. The molecule has 0 radical (unpaired) electrons. The molecule has 2 heterocycles. The molecule has 25 heavy (non-hydrogen) atoms. The van der Waals surface area contributed by atoms with Crippen LogP contribution >= 0.6 is 0 Å². The first-order valence-electron chi connectivity index (χ1n) is 8.08. The standard InChI is InChI=1S/C19H21N5O/c1-13-20-10-15(11-21-13)14-5-6-16(19(2,3)4)17(9-14)24(12-25)18-7-8-22-23-18/h5-12H,1-4H3,(H,22,23). The van der Waals surface area contributed by atoms with E-state index in [0.29, 0.717) is 5.82 Å². The number of hydrogen-bond acceptors (Lipinski definition) is 4. The summed E-state index contributed by atoms with van der Waals surface area (Å²) in [5, 5.41) is 6.90. The first-order valence-corrected chi connectivity index (χ1v) is 8.08. The molecule has 6 heteroatoms. The van der Waals surface area contributed by atoms with Crippen molar-refractivity contribution >= 4 is 17.9 Å². The minimum absolute atomic E-state index is 0.130. The second kappa shape index (κ2) is 6.47.